The molecule has 110 valence electrons. The zero-order valence-corrected chi connectivity index (χ0v) is 12.4. The van der Waals surface area contributed by atoms with Crippen LogP contribution in [-0.2, 0) is 22.3 Å². The van der Waals surface area contributed by atoms with Gasteiger partial charge in [0.15, 0.2) is 5.79 Å². The average Bonchev–Trinajstić information content (AvgIpc) is 2.85. The van der Waals surface area contributed by atoms with E-state index in [9.17, 15) is 0 Å². The lowest BCUT2D eigenvalue weighted by Crippen LogP contribution is -2.29. The number of nitrogens with zero attached hydrogens (tertiary/aromatic N) is 2. The van der Waals surface area contributed by atoms with Crippen LogP contribution in [0.2, 0.25) is 0 Å². The summed E-state index contributed by atoms with van der Waals surface area (Å²) in [5.41, 5.74) is 2.53. The van der Waals surface area contributed by atoms with Gasteiger partial charge in [-0.3, -0.25) is 0 Å². The molecule has 0 bridgehead atoms. The summed E-state index contributed by atoms with van der Waals surface area (Å²) in [7, 11) is 0. The van der Waals surface area contributed by atoms with Gasteiger partial charge in [-0.25, -0.2) is 9.97 Å². The molecule has 1 fully saturated rings. The molecule has 1 aromatic heterocycles. The summed E-state index contributed by atoms with van der Waals surface area (Å²) in [6, 6.07) is 0. The standard InChI is InChI=1S/C15H23N3O2/c1-11-17-13-6-4-3-5-12(13)14(18-11)16-8-7-15(2)19-9-10-20-15/h3-10H2,1-2H3,(H,16,17,18). The molecule has 0 saturated carbocycles. The molecule has 0 aromatic carbocycles. The fourth-order valence-electron chi connectivity index (χ4n) is 2.97. The van der Waals surface area contributed by atoms with Crippen LogP contribution in [0.3, 0.4) is 0 Å². The first-order chi connectivity index (χ1) is 9.66. The monoisotopic (exact) mass is 277 g/mol. The molecule has 1 aliphatic heterocycles. The van der Waals surface area contributed by atoms with Crippen molar-refractivity contribution in [3.05, 3.63) is 17.1 Å². The number of hydrogen-bond acceptors (Lipinski definition) is 5. The van der Waals surface area contributed by atoms with Gasteiger partial charge in [0.1, 0.15) is 11.6 Å². The largest absolute Gasteiger partial charge is 0.370 e. The molecular formula is C15H23N3O2. The van der Waals surface area contributed by atoms with Crippen molar-refractivity contribution in [1.29, 1.82) is 0 Å². The Balaban J connectivity index is 1.66. The molecule has 1 N–H and O–H groups in total. The molecule has 2 heterocycles. The maximum atomic E-state index is 5.62. The van der Waals surface area contributed by atoms with E-state index in [4.69, 9.17) is 9.47 Å². The second-order valence-corrected chi connectivity index (χ2v) is 5.76. The molecule has 1 saturated heterocycles. The van der Waals surface area contributed by atoms with Crippen LogP contribution >= 0.6 is 0 Å². The Hall–Kier alpha value is -1.20. The van der Waals surface area contributed by atoms with Gasteiger partial charge in [-0.15, -0.1) is 0 Å². The molecule has 0 radical (unpaired) electrons. The minimum Gasteiger partial charge on any atom is -0.370 e. The maximum Gasteiger partial charge on any atom is 0.167 e. The first-order valence-electron chi connectivity index (χ1n) is 7.54. The fraction of sp³-hybridized carbons (Fsp3) is 0.733. The van der Waals surface area contributed by atoms with Gasteiger partial charge >= 0.3 is 0 Å². The van der Waals surface area contributed by atoms with E-state index in [1.165, 1.54) is 24.1 Å². The zero-order valence-electron chi connectivity index (χ0n) is 12.4. The van der Waals surface area contributed by atoms with Crippen molar-refractivity contribution < 1.29 is 9.47 Å². The third-order valence-corrected chi connectivity index (χ3v) is 4.06. The molecule has 0 amide bonds. The number of aryl methyl sites for hydroxylation is 2. The summed E-state index contributed by atoms with van der Waals surface area (Å²) in [5.74, 6) is 1.43. The molecule has 5 nitrogen and oxygen atoms in total. The third-order valence-electron chi connectivity index (χ3n) is 4.06. The van der Waals surface area contributed by atoms with Gasteiger partial charge in [-0.1, -0.05) is 0 Å². The van der Waals surface area contributed by atoms with Crippen LogP contribution in [0.25, 0.3) is 0 Å². The lowest BCUT2D eigenvalue weighted by atomic mass is 9.96. The van der Waals surface area contributed by atoms with Gasteiger partial charge in [0.25, 0.3) is 0 Å². The van der Waals surface area contributed by atoms with Crippen molar-refractivity contribution in [1.82, 2.24) is 9.97 Å². The third kappa shape index (κ3) is 2.94. The SMILES string of the molecule is Cc1nc2c(c(NCCC3(C)OCCO3)n1)CCCC2. The van der Waals surface area contributed by atoms with Crippen LogP contribution in [-0.4, -0.2) is 35.5 Å². The molecule has 1 aliphatic carbocycles. The molecule has 0 unspecified atom stereocenters. The van der Waals surface area contributed by atoms with Gasteiger partial charge in [-0.2, -0.15) is 0 Å². The minimum absolute atomic E-state index is 0.435. The Kier molecular flexibility index (Phi) is 3.89. The molecule has 0 atom stereocenters. The Morgan fingerprint density at radius 2 is 1.90 bits per heavy atom. The quantitative estimate of drug-likeness (QED) is 0.914. The average molecular weight is 277 g/mol. The van der Waals surface area contributed by atoms with E-state index in [2.05, 4.69) is 15.3 Å². The molecular weight excluding hydrogens is 254 g/mol. The topological polar surface area (TPSA) is 56.3 Å². The highest BCUT2D eigenvalue weighted by Crippen LogP contribution is 2.26. The maximum absolute atomic E-state index is 5.62. The lowest BCUT2D eigenvalue weighted by Gasteiger charge is -2.23. The Bertz CT molecular complexity index is 484. The molecule has 0 spiro atoms. The Labute approximate surface area is 120 Å². The number of aromatic nitrogens is 2. The van der Waals surface area contributed by atoms with Crippen LogP contribution in [0.15, 0.2) is 0 Å². The van der Waals surface area contributed by atoms with E-state index >= 15 is 0 Å². The van der Waals surface area contributed by atoms with Crippen LogP contribution in [0.5, 0.6) is 0 Å². The fourth-order valence-corrected chi connectivity index (χ4v) is 2.97. The summed E-state index contributed by atoms with van der Waals surface area (Å²) in [6.45, 7) is 6.16. The Morgan fingerprint density at radius 3 is 2.70 bits per heavy atom. The number of fused-ring (bicyclic) bond motifs is 1. The van der Waals surface area contributed by atoms with Gasteiger partial charge < -0.3 is 14.8 Å². The molecule has 5 heteroatoms. The van der Waals surface area contributed by atoms with Gasteiger partial charge in [0.2, 0.25) is 0 Å². The zero-order chi connectivity index (χ0) is 14.0. The molecule has 20 heavy (non-hydrogen) atoms. The molecule has 3 rings (SSSR count). The second kappa shape index (κ2) is 5.66. The molecule has 1 aromatic rings. The number of ether oxygens (including phenoxy) is 2. The first kappa shape index (κ1) is 13.8. The predicted octanol–water partition coefficient (Wildman–Crippen LogP) is 2.23. The lowest BCUT2D eigenvalue weighted by molar-refractivity contribution is -0.144. The number of hydrogen-bond donors (Lipinski definition) is 1. The van der Waals surface area contributed by atoms with Gasteiger partial charge in [0.05, 0.1) is 13.2 Å². The van der Waals surface area contributed by atoms with Crippen LogP contribution in [0, 0.1) is 6.92 Å². The van der Waals surface area contributed by atoms with Crippen LogP contribution in [0.1, 0.15) is 43.3 Å². The molecule has 2 aliphatic rings. The summed E-state index contributed by atoms with van der Waals surface area (Å²) in [4.78, 5) is 9.14. The van der Waals surface area contributed by atoms with Crippen LogP contribution < -0.4 is 5.32 Å². The van der Waals surface area contributed by atoms with Crippen molar-refractivity contribution in [2.24, 2.45) is 0 Å². The van der Waals surface area contributed by atoms with Crippen molar-refractivity contribution in [2.75, 3.05) is 25.1 Å². The van der Waals surface area contributed by atoms with E-state index < -0.39 is 5.79 Å². The van der Waals surface area contributed by atoms with Crippen molar-refractivity contribution >= 4 is 5.82 Å². The second-order valence-electron chi connectivity index (χ2n) is 5.76. The summed E-state index contributed by atoms with van der Waals surface area (Å²) in [5, 5.41) is 3.45. The number of nitrogens with one attached hydrogen (secondary N) is 1. The van der Waals surface area contributed by atoms with E-state index in [0.29, 0.717) is 13.2 Å². The van der Waals surface area contributed by atoms with Crippen molar-refractivity contribution in [3.8, 4) is 0 Å². The van der Waals surface area contributed by atoms with Crippen molar-refractivity contribution in [3.63, 3.8) is 0 Å². The van der Waals surface area contributed by atoms with Crippen molar-refractivity contribution in [2.45, 2.75) is 51.7 Å². The van der Waals surface area contributed by atoms with E-state index in [1.807, 2.05) is 13.8 Å². The minimum atomic E-state index is -0.435. The van der Waals surface area contributed by atoms with Crippen LogP contribution in [0.4, 0.5) is 5.82 Å². The van der Waals surface area contributed by atoms with E-state index in [-0.39, 0.29) is 0 Å². The van der Waals surface area contributed by atoms with E-state index in [1.54, 1.807) is 0 Å². The van der Waals surface area contributed by atoms with E-state index in [0.717, 1.165) is 37.4 Å². The highest BCUT2D eigenvalue weighted by molar-refractivity contribution is 5.47. The van der Waals surface area contributed by atoms with Gasteiger partial charge in [-0.05, 0) is 39.5 Å². The number of rotatable bonds is 4. The smallest absolute Gasteiger partial charge is 0.167 e. The highest BCUT2D eigenvalue weighted by atomic mass is 16.7. The predicted molar refractivity (Wildman–Crippen MR) is 76.8 cm³/mol. The normalized spacial score (nSPS) is 20.7. The summed E-state index contributed by atoms with van der Waals surface area (Å²) >= 11 is 0. The first-order valence-corrected chi connectivity index (χ1v) is 7.54. The van der Waals surface area contributed by atoms with Gasteiger partial charge in [0, 0.05) is 24.2 Å². The highest BCUT2D eigenvalue weighted by Gasteiger charge is 2.30. The summed E-state index contributed by atoms with van der Waals surface area (Å²) in [6.07, 6.45) is 5.46. The summed E-state index contributed by atoms with van der Waals surface area (Å²) < 4.78 is 11.2. The Morgan fingerprint density at radius 1 is 1.15 bits per heavy atom. The number of anilines is 1.